The van der Waals surface area contributed by atoms with E-state index in [0.717, 1.165) is 12.1 Å². The second kappa shape index (κ2) is 7.14. The Balaban J connectivity index is 2.58. The molecule has 0 heterocycles. The third-order valence-corrected chi connectivity index (χ3v) is 2.62. The molecule has 1 atom stereocenters. The zero-order valence-corrected chi connectivity index (χ0v) is 11.0. The smallest absolute Gasteiger partial charge is 0.396 e. The van der Waals surface area contributed by atoms with E-state index in [1.54, 1.807) is 6.92 Å². The Morgan fingerprint density at radius 3 is 2.70 bits per heavy atom. The van der Waals surface area contributed by atoms with Crippen LogP contribution in [0, 0.1) is 0 Å². The maximum atomic E-state index is 12.5. The summed E-state index contributed by atoms with van der Waals surface area (Å²) < 4.78 is 37.5. The van der Waals surface area contributed by atoms with Gasteiger partial charge in [0.25, 0.3) is 0 Å². The molecule has 1 rings (SSSR count). The fraction of sp³-hybridized carbons (Fsp3) is 0.462. The average molecular weight is 290 g/mol. The number of nitrogens with one attached hydrogen (secondary N) is 2. The molecule has 0 radical (unpaired) electrons. The molecule has 4 nitrogen and oxygen atoms in total. The number of anilines is 1. The summed E-state index contributed by atoms with van der Waals surface area (Å²) in [4.78, 5) is 11.6. The molecular weight excluding hydrogens is 273 g/mol. The molecule has 0 bridgehead atoms. The first-order chi connectivity index (χ1) is 9.32. The lowest BCUT2D eigenvalue weighted by molar-refractivity contribution is -0.137. The highest BCUT2D eigenvalue weighted by Crippen LogP contribution is 2.30. The number of aliphatic hydroxyl groups excluding tert-OH is 1. The number of hydrogen-bond acceptors (Lipinski definition) is 2. The molecule has 0 spiro atoms. The number of alkyl halides is 3. The van der Waals surface area contributed by atoms with Crippen LogP contribution in [0.25, 0.3) is 0 Å². The Morgan fingerprint density at radius 1 is 1.40 bits per heavy atom. The Morgan fingerprint density at radius 2 is 2.10 bits per heavy atom. The molecular formula is C13H17F3N2O2. The first kappa shape index (κ1) is 16.3. The molecule has 20 heavy (non-hydrogen) atoms. The van der Waals surface area contributed by atoms with Crippen molar-refractivity contribution in [3.8, 4) is 0 Å². The number of carbonyl (C=O) groups excluding carboxylic acids is 1. The number of urea groups is 1. The van der Waals surface area contributed by atoms with Crippen molar-refractivity contribution in [3.05, 3.63) is 29.8 Å². The number of aliphatic hydroxyl groups is 1. The Kier molecular flexibility index (Phi) is 5.82. The standard InChI is InChI=1S/C13H17F3N2O2/c1-9(4-3-7-19)17-12(20)18-11-6-2-5-10(8-11)13(14,15)16/h2,5-6,8-9,19H,3-4,7H2,1H3,(H2,17,18,20). The molecule has 0 saturated carbocycles. The highest BCUT2D eigenvalue weighted by atomic mass is 19.4. The fourth-order valence-electron chi connectivity index (χ4n) is 1.63. The van der Waals surface area contributed by atoms with Gasteiger partial charge >= 0.3 is 12.2 Å². The Labute approximate surface area is 115 Å². The van der Waals surface area contributed by atoms with Crippen LogP contribution >= 0.6 is 0 Å². The summed E-state index contributed by atoms with van der Waals surface area (Å²) in [6, 6.07) is 3.67. The van der Waals surface area contributed by atoms with E-state index in [9.17, 15) is 18.0 Å². The van der Waals surface area contributed by atoms with Gasteiger partial charge in [0.15, 0.2) is 0 Å². The summed E-state index contributed by atoms with van der Waals surface area (Å²) in [5.74, 6) is 0. The van der Waals surface area contributed by atoms with Crippen LogP contribution in [0.15, 0.2) is 24.3 Å². The monoisotopic (exact) mass is 290 g/mol. The van der Waals surface area contributed by atoms with Crippen molar-refractivity contribution < 1.29 is 23.1 Å². The lowest BCUT2D eigenvalue weighted by Gasteiger charge is -2.15. The van der Waals surface area contributed by atoms with Crippen molar-refractivity contribution in [1.29, 1.82) is 0 Å². The number of rotatable bonds is 5. The van der Waals surface area contributed by atoms with Gasteiger partial charge in [0, 0.05) is 18.3 Å². The minimum absolute atomic E-state index is 0.0290. The number of amides is 2. The number of benzene rings is 1. The van der Waals surface area contributed by atoms with Crippen molar-refractivity contribution in [1.82, 2.24) is 5.32 Å². The van der Waals surface area contributed by atoms with E-state index >= 15 is 0 Å². The zero-order valence-electron chi connectivity index (χ0n) is 11.0. The summed E-state index contributed by atoms with van der Waals surface area (Å²) in [5.41, 5.74) is -0.740. The molecule has 0 aliphatic rings. The number of hydrogen-bond donors (Lipinski definition) is 3. The molecule has 0 saturated heterocycles. The largest absolute Gasteiger partial charge is 0.416 e. The van der Waals surface area contributed by atoms with Crippen LogP contribution in [0.4, 0.5) is 23.7 Å². The summed E-state index contributed by atoms with van der Waals surface area (Å²) in [6.07, 6.45) is -3.31. The Bertz CT molecular complexity index is 449. The fourth-order valence-corrected chi connectivity index (χ4v) is 1.63. The van der Waals surface area contributed by atoms with Crippen molar-refractivity contribution in [2.75, 3.05) is 11.9 Å². The third kappa shape index (κ3) is 5.48. The lowest BCUT2D eigenvalue weighted by atomic mass is 10.2. The van der Waals surface area contributed by atoms with E-state index in [0.29, 0.717) is 12.8 Å². The number of carbonyl (C=O) groups is 1. The molecule has 1 unspecified atom stereocenters. The third-order valence-electron chi connectivity index (χ3n) is 2.62. The topological polar surface area (TPSA) is 61.4 Å². The molecule has 1 aromatic carbocycles. The minimum atomic E-state index is -4.44. The zero-order chi connectivity index (χ0) is 15.2. The van der Waals surface area contributed by atoms with E-state index in [4.69, 9.17) is 5.11 Å². The second-order valence-corrected chi connectivity index (χ2v) is 4.44. The quantitative estimate of drug-likeness (QED) is 0.780. The molecule has 1 aromatic rings. The van der Waals surface area contributed by atoms with Crippen LogP contribution in [-0.4, -0.2) is 23.8 Å². The van der Waals surface area contributed by atoms with Crippen molar-refractivity contribution >= 4 is 11.7 Å². The molecule has 112 valence electrons. The molecule has 0 aromatic heterocycles. The van der Waals surface area contributed by atoms with Gasteiger partial charge in [-0.15, -0.1) is 0 Å². The van der Waals surface area contributed by atoms with Crippen molar-refractivity contribution in [2.45, 2.75) is 32.0 Å². The van der Waals surface area contributed by atoms with Gasteiger partial charge in [-0.25, -0.2) is 4.79 Å². The first-order valence-corrected chi connectivity index (χ1v) is 6.18. The Hall–Kier alpha value is -1.76. The van der Waals surface area contributed by atoms with E-state index in [-0.39, 0.29) is 18.3 Å². The summed E-state index contributed by atoms with van der Waals surface area (Å²) in [7, 11) is 0. The first-order valence-electron chi connectivity index (χ1n) is 6.18. The van der Waals surface area contributed by atoms with Gasteiger partial charge in [-0.2, -0.15) is 13.2 Å². The minimum Gasteiger partial charge on any atom is -0.396 e. The van der Waals surface area contributed by atoms with E-state index in [1.807, 2.05) is 0 Å². The van der Waals surface area contributed by atoms with Gasteiger partial charge in [-0.3, -0.25) is 0 Å². The second-order valence-electron chi connectivity index (χ2n) is 4.44. The van der Waals surface area contributed by atoms with Gasteiger partial charge in [-0.1, -0.05) is 6.07 Å². The summed E-state index contributed by atoms with van der Waals surface area (Å²) in [5, 5.41) is 13.6. The maximum absolute atomic E-state index is 12.5. The van der Waals surface area contributed by atoms with Crippen LogP contribution in [0.5, 0.6) is 0 Å². The highest BCUT2D eigenvalue weighted by Gasteiger charge is 2.30. The normalized spacial score (nSPS) is 12.8. The SMILES string of the molecule is CC(CCCO)NC(=O)Nc1cccc(C(F)(F)F)c1. The van der Waals surface area contributed by atoms with Gasteiger partial charge in [-0.05, 0) is 38.0 Å². The number of halogens is 3. The average Bonchev–Trinajstić information content (AvgIpc) is 2.35. The van der Waals surface area contributed by atoms with Gasteiger partial charge in [0.1, 0.15) is 0 Å². The van der Waals surface area contributed by atoms with Crippen molar-refractivity contribution in [3.63, 3.8) is 0 Å². The predicted molar refractivity (Wildman–Crippen MR) is 69.4 cm³/mol. The van der Waals surface area contributed by atoms with E-state index < -0.39 is 17.8 Å². The van der Waals surface area contributed by atoms with Crippen LogP contribution in [-0.2, 0) is 6.18 Å². The lowest BCUT2D eigenvalue weighted by Crippen LogP contribution is -2.36. The molecule has 0 aliphatic carbocycles. The van der Waals surface area contributed by atoms with Crippen LogP contribution in [0.3, 0.4) is 0 Å². The summed E-state index contributed by atoms with van der Waals surface area (Å²) >= 11 is 0. The molecule has 0 fully saturated rings. The molecule has 7 heteroatoms. The van der Waals surface area contributed by atoms with E-state index in [1.165, 1.54) is 12.1 Å². The maximum Gasteiger partial charge on any atom is 0.416 e. The molecule has 3 N–H and O–H groups in total. The predicted octanol–water partition coefficient (Wildman–Crippen LogP) is 2.99. The van der Waals surface area contributed by atoms with Gasteiger partial charge < -0.3 is 15.7 Å². The molecule has 0 aliphatic heterocycles. The van der Waals surface area contributed by atoms with Gasteiger partial charge in [0.2, 0.25) is 0 Å². The highest BCUT2D eigenvalue weighted by molar-refractivity contribution is 5.89. The van der Waals surface area contributed by atoms with Crippen LogP contribution < -0.4 is 10.6 Å². The molecule has 2 amide bonds. The van der Waals surface area contributed by atoms with Crippen LogP contribution in [0.2, 0.25) is 0 Å². The van der Waals surface area contributed by atoms with Crippen LogP contribution in [0.1, 0.15) is 25.3 Å². The van der Waals surface area contributed by atoms with E-state index in [2.05, 4.69) is 10.6 Å². The van der Waals surface area contributed by atoms with Crippen molar-refractivity contribution in [2.24, 2.45) is 0 Å². The van der Waals surface area contributed by atoms with Gasteiger partial charge in [0.05, 0.1) is 5.56 Å². The summed E-state index contributed by atoms with van der Waals surface area (Å²) in [6.45, 7) is 1.78.